The Hall–Kier alpha value is -0.970. The van der Waals surface area contributed by atoms with Crippen molar-refractivity contribution in [2.75, 3.05) is 0 Å². The molecule has 2 aromatic carbocycles. The molecule has 0 radical (unpaired) electrons. The van der Waals surface area contributed by atoms with Crippen LogP contribution in [0.15, 0.2) is 40.9 Å². The molecule has 0 aliphatic heterocycles. The fraction of sp³-hybridized carbons (Fsp3) is 0.143. The topological polar surface area (TPSA) is 26.0 Å². The molecule has 2 N–H and O–H groups in total. The third-order valence-electron chi connectivity index (χ3n) is 2.77. The van der Waals surface area contributed by atoms with E-state index in [1.807, 2.05) is 6.07 Å². The quantitative estimate of drug-likeness (QED) is 0.862. The third-order valence-corrected chi connectivity index (χ3v) is 3.44. The average molecular weight is 347 g/mol. The van der Waals surface area contributed by atoms with E-state index in [2.05, 4.69) is 15.9 Å². The van der Waals surface area contributed by atoms with E-state index in [0.29, 0.717) is 10.6 Å². The molecule has 0 spiro atoms. The number of hydrogen-bond donors (Lipinski definition) is 1. The molecule has 0 saturated heterocycles. The molecule has 5 heteroatoms. The Labute approximate surface area is 123 Å². The van der Waals surface area contributed by atoms with Crippen LogP contribution in [0.3, 0.4) is 0 Å². The van der Waals surface area contributed by atoms with Crippen LogP contribution in [0.4, 0.5) is 8.78 Å². The summed E-state index contributed by atoms with van der Waals surface area (Å²) in [4.78, 5) is 0. The van der Waals surface area contributed by atoms with Gasteiger partial charge in [0.25, 0.3) is 0 Å². The highest BCUT2D eigenvalue weighted by atomic mass is 79.9. The van der Waals surface area contributed by atoms with Crippen LogP contribution in [0.25, 0.3) is 0 Å². The summed E-state index contributed by atoms with van der Waals surface area (Å²) in [6, 6.07) is 8.39. The van der Waals surface area contributed by atoms with Crippen molar-refractivity contribution in [2.45, 2.75) is 12.5 Å². The second-order valence-electron chi connectivity index (χ2n) is 4.25. The molecule has 0 aliphatic carbocycles. The summed E-state index contributed by atoms with van der Waals surface area (Å²) in [5, 5.41) is 0.555. The predicted molar refractivity (Wildman–Crippen MR) is 76.1 cm³/mol. The molecular weight excluding hydrogens is 336 g/mol. The Balaban J connectivity index is 2.22. The fourth-order valence-electron chi connectivity index (χ4n) is 1.83. The maximum absolute atomic E-state index is 13.6. The maximum atomic E-state index is 13.6. The number of benzene rings is 2. The normalized spacial score (nSPS) is 12.5. The lowest BCUT2D eigenvalue weighted by Gasteiger charge is -2.13. The van der Waals surface area contributed by atoms with Gasteiger partial charge in [-0.25, -0.2) is 8.78 Å². The van der Waals surface area contributed by atoms with Crippen molar-refractivity contribution in [3.63, 3.8) is 0 Å². The number of rotatable bonds is 3. The van der Waals surface area contributed by atoms with Gasteiger partial charge in [0.15, 0.2) is 0 Å². The lowest BCUT2D eigenvalue weighted by Crippen LogP contribution is -2.14. The van der Waals surface area contributed by atoms with Crippen LogP contribution in [-0.2, 0) is 6.42 Å². The molecule has 0 amide bonds. The summed E-state index contributed by atoms with van der Waals surface area (Å²) in [6.45, 7) is 0. The first-order valence-electron chi connectivity index (χ1n) is 5.61. The van der Waals surface area contributed by atoms with E-state index < -0.39 is 17.7 Å². The van der Waals surface area contributed by atoms with Crippen LogP contribution in [0.2, 0.25) is 5.02 Å². The summed E-state index contributed by atoms with van der Waals surface area (Å²) in [6.07, 6.45) is 0.277. The van der Waals surface area contributed by atoms with Gasteiger partial charge in [0.1, 0.15) is 11.6 Å². The van der Waals surface area contributed by atoms with Crippen molar-refractivity contribution in [2.24, 2.45) is 5.73 Å². The molecule has 0 aliphatic rings. The van der Waals surface area contributed by atoms with Crippen molar-refractivity contribution >= 4 is 27.5 Å². The van der Waals surface area contributed by atoms with Crippen LogP contribution >= 0.6 is 27.5 Å². The van der Waals surface area contributed by atoms with Gasteiger partial charge in [-0.05, 0) is 41.8 Å². The summed E-state index contributed by atoms with van der Waals surface area (Å²) in [5.41, 5.74) is 7.21. The van der Waals surface area contributed by atoms with Crippen LogP contribution in [-0.4, -0.2) is 0 Å². The SMILES string of the molecule is NC(Cc1ccc(F)cc1F)c1cc(Cl)cc(Br)c1. The monoisotopic (exact) mass is 345 g/mol. The first-order chi connectivity index (χ1) is 8.95. The van der Waals surface area contributed by atoms with E-state index in [4.69, 9.17) is 17.3 Å². The van der Waals surface area contributed by atoms with Crippen molar-refractivity contribution in [3.8, 4) is 0 Å². The van der Waals surface area contributed by atoms with Gasteiger partial charge < -0.3 is 5.73 Å². The van der Waals surface area contributed by atoms with Gasteiger partial charge in [0.2, 0.25) is 0 Å². The molecule has 0 saturated carbocycles. The maximum Gasteiger partial charge on any atom is 0.129 e. The Morgan fingerprint density at radius 2 is 1.89 bits per heavy atom. The Morgan fingerprint density at radius 1 is 1.16 bits per heavy atom. The number of nitrogens with two attached hydrogens (primary N) is 1. The number of halogens is 4. The summed E-state index contributed by atoms with van der Waals surface area (Å²) in [5.74, 6) is -1.18. The van der Waals surface area contributed by atoms with Gasteiger partial charge in [-0.15, -0.1) is 0 Å². The van der Waals surface area contributed by atoms with Gasteiger partial charge in [-0.3, -0.25) is 0 Å². The van der Waals surface area contributed by atoms with E-state index in [-0.39, 0.29) is 6.42 Å². The third kappa shape index (κ3) is 3.75. The minimum Gasteiger partial charge on any atom is -0.324 e. The highest BCUT2D eigenvalue weighted by Crippen LogP contribution is 2.25. The molecule has 0 aromatic heterocycles. The van der Waals surface area contributed by atoms with Gasteiger partial charge in [0, 0.05) is 21.6 Å². The Morgan fingerprint density at radius 3 is 2.53 bits per heavy atom. The first kappa shape index (κ1) is 14.4. The molecule has 1 atom stereocenters. The van der Waals surface area contributed by atoms with Crippen LogP contribution < -0.4 is 5.73 Å². The fourth-order valence-corrected chi connectivity index (χ4v) is 2.72. The van der Waals surface area contributed by atoms with Crippen LogP contribution in [0, 0.1) is 11.6 Å². The molecule has 19 heavy (non-hydrogen) atoms. The Kier molecular flexibility index (Phi) is 4.55. The standard InChI is InChI=1S/C14H11BrClF2N/c15-10-3-9(4-11(16)6-10)14(19)5-8-1-2-12(17)7-13(8)18/h1-4,6-7,14H,5,19H2. The van der Waals surface area contributed by atoms with Crippen LogP contribution in [0.5, 0.6) is 0 Å². The average Bonchev–Trinajstić information content (AvgIpc) is 2.31. The zero-order valence-corrected chi connectivity index (χ0v) is 12.2. The van der Waals surface area contributed by atoms with E-state index in [0.717, 1.165) is 16.1 Å². The first-order valence-corrected chi connectivity index (χ1v) is 6.78. The molecule has 2 rings (SSSR count). The van der Waals surface area contributed by atoms with Gasteiger partial charge >= 0.3 is 0 Å². The van der Waals surface area contributed by atoms with Gasteiger partial charge in [0.05, 0.1) is 0 Å². The highest BCUT2D eigenvalue weighted by Gasteiger charge is 2.12. The van der Waals surface area contributed by atoms with E-state index in [9.17, 15) is 8.78 Å². The highest BCUT2D eigenvalue weighted by molar-refractivity contribution is 9.10. The molecule has 0 bridgehead atoms. The van der Waals surface area contributed by atoms with Crippen molar-refractivity contribution in [1.29, 1.82) is 0 Å². The van der Waals surface area contributed by atoms with Crippen molar-refractivity contribution < 1.29 is 8.78 Å². The molecule has 0 fully saturated rings. The predicted octanol–water partition coefficient (Wildman–Crippen LogP) is 4.62. The second-order valence-corrected chi connectivity index (χ2v) is 5.60. The second kappa shape index (κ2) is 5.99. The van der Waals surface area contributed by atoms with Gasteiger partial charge in [-0.1, -0.05) is 33.6 Å². The number of hydrogen-bond acceptors (Lipinski definition) is 1. The minimum atomic E-state index is -0.597. The molecular formula is C14H11BrClF2N. The lowest BCUT2D eigenvalue weighted by atomic mass is 9.99. The lowest BCUT2D eigenvalue weighted by molar-refractivity contribution is 0.563. The van der Waals surface area contributed by atoms with Crippen molar-refractivity contribution in [1.82, 2.24) is 0 Å². The zero-order valence-electron chi connectivity index (χ0n) is 9.84. The summed E-state index contributed by atoms with van der Waals surface area (Å²) in [7, 11) is 0. The zero-order chi connectivity index (χ0) is 14.0. The van der Waals surface area contributed by atoms with E-state index in [1.165, 1.54) is 12.1 Å². The van der Waals surface area contributed by atoms with Gasteiger partial charge in [-0.2, -0.15) is 0 Å². The molecule has 0 heterocycles. The largest absolute Gasteiger partial charge is 0.324 e. The smallest absolute Gasteiger partial charge is 0.129 e. The Bertz CT molecular complexity index is 584. The van der Waals surface area contributed by atoms with E-state index in [1.54, 1.807) is 12.1 Å². The summed E-state index contributed by atoms with van der Waals surface area (Å²) >= 11 is 9.27. The van der Waals surface area contributed by atoms with Crippen molar-refractivity contribution in [3.05, 3.63) is 68.7 Å². The molecule has 2 aromatic rings. The van der Waals surface area contributed by atoms with Crippen LogP contribution in [0.1, 0.15) is 17.2 Å². The molecule has 1 nitrogen and oxygen atoms in total. The van der Waals surface area contributed by atoms with E-state index >= 15 is 0 Å². The summed E-state index contributed by atoms with van der Waals surface area (Å²) < 4.78 is 27.2. The molecule has 1 unspecified atom stereocenters. The molecule has 100 valence electrons. The minimum absolute atomic E-state index is 0.277.